The average molecular weight is 384 g/mol. The van der Waals surface area contributed by atoms with Gasteiger partial charge in [-0.05, 0) is 23.5 Å². The first kappa shape index (κ1) is 20.8. The Balaban J connectivity index is 2.19. The fourth-order valence-electron chi connectivity index (χ4n) is 2.84. The highest BCUT2D eigenvalue weighted by molar-refractivity contribution is 6.31. The van der Waals surface area contributed by atoms with Gasteiger partial charge in [0.05, 0.1) is 12.2 Å². The van der Waals surface area contributed by atoms with E-state index in [1.807, 2.05) is 11.0 Å². The Morgan fingerprint density at radius 2 is 2.04 bits per heavy atom. The fraction of sp³-hybridized carbons (Fsp3) is 0.632. The molecule has 0 saturated carbocycles. The zero-order valence-corrected chi connectivity index (χ0v) is 16.9. The largest absolute Gasteiger partial charge is 0.465 e. The zero-order chi connectivity index (χ0) is 19.2. The number of benzene rings is 1. The topological polar surface area (TPSA) is 62.8 Å². The van der Waals surface area contributed by atoms with Crippen LogP contribution in [-0.2, 0) is 14.9 Å². The molecular formula is C19H30ClN3O3. The molecule has 1 heterocycles. The molecule has 7 heteroatoms. The number of hydrogen-bond acceptors (Lipinski definition) is 5. The monoisotopic (exact) mass is 383 g/mol. The Kier molecular flexibility index (Phi) is 7.55. The predicted molar refractivity (Wildman–Crippen MR) is 105 cm³/mol. The summed E-state index contributed by atoms with van der Waals surface area (Å²) in [5.41, 5.74) is 1.71. The molecule has 0 aliphatic carbocycles. The molecule has 1 aliphatic rings. The van der Waals surface area contributed by atoms with Gasteiger partial charge in [-0.1, -0.05) is 32.4 Å². The molecule has 6 nitrogen and oxygen atoms in total. The minimum atomic E-state index is -0.0736. The van der Waals surface area contributed by atoms with Crippen LogP contribution in [0.25, 0.3) is 0 Å². The van der Waals surface area contributed by atoms with E-state index >= 15 is 0 Å². The summed E-state index contributed by atoms with van der Waals surface area (Å²) in [6.07, 6.45) is 0.949. The molecule has 0 atom stereocenters. The number of nitrogens with one attached hydrogen (secondary N) is 2. The predicted octanol–water partition coefficient (Wildman–Crippen LogP) is 2.85. The van der Waals surface area contributed by atoms with E-state index in [1.54, 1.807) is 13.2 Å². The Labute approximate surface area is 161 Å². The maximum absolute atomic E-state index is 12.4. The van der Waals surface area contributed by atoms with Crippen molar-refractivity contribution in [3.8, 4) is 5.75 Å². The van der Waals surface area contributed by atoms with Crippen LogP contribution >= 0.6 is 11.6 Å². The normalized spacial score (nSPS) is 15.0. The summed E-state index contributed by atoms with van der Waals surface area (Å²) in [6.45, 7) is 9.92. The first-order valence-electron chi connectivity index (χ1n) is 9.07. The number of carbonyl (C=O) groups is 1. The lowest BCUT2D eigenvalue weighted by atomic mass is 9.82. The van der Waals surface area contributed by atoms with Gasteiger partial charge in [0, 0.05) is 44.4 Å². The molecule has 1 saturated heterocycles. The van der Waals surface area contributed by atoms with Crippen molar-refractivity contribution >= 4 is 23.2 Å². The van der Waals surface area contributed by atoms with Crippen LogP contribution in [0.2, 0.25) is 5.02 Å². The van der Waals surface area contributed by atoms with Gasteiger partial charge in [-0.25, -0.2) is 0 Å². The SMILES string of the molecule is CCC(C)(C)c1cc(NCC(=O)N2CCNCC2)c(OCOC)cc1Cl. The van der Waals surface area contributed by atoms with Gasteiger partial charge in [-0.2, -0.15) is 0 Å². The molecule has 2 N–H and O–H groups in total. The average Bonchev–Trinajstić information content (AvgIpc) is 2.65. The molecule has 0 aromatic heterocycles. The molecule has 1 amide bonds. The Morgan fingerprint density at radius 3 is 2.65 bits per heavy atom. The van der Waals surface area contributed by atoms with Gasteiger partial charge in [0.1, 0.15) is 5.75 Å². The van der Waals surface area contributed by atoms with Gasteiger partial charge in [0.25, 0.3) is 0 Å². The molecule has 0 unspecified atom stereocenters. The van der Waals surface area contributed by atoms with Gasteiger partial charge in [-0.3, -0.25) is 4.79 Å². The number of carbonyl (C=O) groups excluding carboxylic acids is 1. The number of halogens is 1. The van der Waals surface area contributed by atoms with Crippen molar-refractivity contribution in [3.05, 3.63) is 22.7 Å². The molecule has 26 heavy (non-hydrogen) atoms. The number of anilines is 1. The third-order valence-corrected chi connectivity index (χ3v) is 5.23. The second-order valence-electron chi connectivity index (χ2n) is 7.10. The smallest absolute Gasteiger partial charge is 0.241 e. The van der Waals surface area contributed by atoms with Crippen LogP contribution in [0.1, 0.15) is 32.8 Å². The highest BCUT2D eigenvalue weighted by atomic mass is 35.5. The lowest BCUT2D eigenvalue weighted by molar-refractivity contribution is -0.129. The summed E-state index contributed by atoms with van der Waals surface area (Å²) < 4.78 is 10.6. The van der Waals surface area contributed by atoms with E-state index < -0.39 is 0 Å². The number of nitrogens with zero attached hydrogens (tertiary/aromatic N) is 1. The van der Waals surface area contributed by atoms with E-state index in [-0.39, 0.29) is 24.7 Å². The van der Waals surface area contributed by atoms with Crippen molar-refractivity contribution in [1.29, 1.82) is 0 Å². The van der Waals surface area contributed by atoms with Gasteiger partial charge in [-0.15, -0.1) is 0 Å². The molecule has 0 spiro atoms. The molecule has 1 fully saturated rings. The Bertz CT molecular complexity index is 616. The summed E-state index contributed by atoms with van der Waals surface area (Å²) in [4.78, 5) is 14.3. The minimum Gasteiger partial charge on any atom is -0.465 e. The quantitative estimate of drug-likeness (QED) is 0.676. The van der Waals surface area contributed by atoms with Crippen molar-refractivity contribution in [3.63, 3.8) is 0 Å². The van der Waals surface area contributed by atoms with Crippen molar-refractivity contribution in [2.75, 3.05) is 51.9 Å². The minimum absolute atomic E-state index is 0.0736. The summed E-state index contributed by atoms with van der Waals surface area (Å²) in [5.74, 6) is 0.663. The maximum atomic E-state index is 12.4. The fourth-order valence-corrected chi connectivity index (χ4v) is 3.25. The van der Waals surface area contributed by atoms with E-state index in [0.717, 1.165) is 43.9 Å². The van der Waals surface area contributed by atoms with E-state index in [0.29, 0.717) is 10.8 Å². The maximum Gasteiger partial charge on any atom is 0.241 e. The lowest BCUT2D eigenvalue weighted by Gasteiger charge is -2.28. The lowest BCUT2D eigenvalue weighted by Crippen LogP contribution is -2.48. The molecule has 2 rings (SSSR count). The molecule has 1 aromatic carbocycles. The molecule has 146 valence electrons. The van der Waals surface area contributed by atoms with Crippen LogP contribution in [0, 0.1) is 0 Å². The first-order valence-corrected chi connectivity index (χ1v) is 9.45. The van der Waals surface area contributed by atoms with E-state index in [4.69, 9.17) is 21.1 Å². The van der Waals surface area contributed by atoms with Crippen LogP contribution in [0.4, 0.5) is 5.69 Å². The van der Waals surface area contributed by atoms with Crippen LogP contribution in [-0.4, -0.2) is 57.4 Å². The second-order valence-corrected chi connectivity index (χ2v) is 7.51. The zero-order valence-electron chi connectivity index (χ0n) is 16.2. The van der Waals surface area contributed by atoms with Crippen LogP contribution < -0.4 is 15.4 Å². The van der Waals surface area contributed by atoms with Gasteiger partial charge >= 0.3 is 0 Å². The van der Waals surface area contributed by atoms with Crippen LogP contribution in [0.3, 0.4) is 0 Å². The number of methoxy groups -OCH3 is 1. The summed E-state index contributed by atoms with van der Waals surface area (Å²) >= 11 is 6.50. The molecule has 0 radical (unpaired) electrons. The van der Waals surface area contributed by atoms with Gasteiger partial charge in [0.15, 0.2) is 6.79 Å². The number of ether oxygens (including phenoxy) is 2. The highest BCUT2D eigenvalue weighted by Crippen LogP contribution is 2.39. The summed E-state index contributed by atoms with van der Waals surface area (Å²) in [7, 11) is 1.57. The van der Waals surface area contributed by atoms with Crippen molar-refractivity contribution < 1.29 is 14.3 Å². The van der Waals surface area contributed by atoms with Crippen molar-refractivity contribution in [2.45, 2.75) is 32.6 Å². The molecule has 1 aliphatic heterocycles. The highest BCUT2D eigenvalue weighted by Gasteiger charge is 2.24. The summed E-state index contributed by atoms with van der Waals surface area (Å²) in [6, 6.07) is 3.78. The molecule has 1 aromatic rings. The second kappa shape index (κ2) is 9.44. The van der Waals surface area contributed by atoms with E-state index in [2.05, 4.69) is 31.4 Å². The van der Waals surface area contributed by atoms with Crippen LogP contribution in [0.15, 0.2) is 12.1 Å². The Morgan fingerprint density at radius 1 is 1.35 bits per heavy atom. The summed E-state index contributed by atoms with van der Waals surface area (Å²) in [5, 5.41) is 7.14. The van der Waals surface area contributed by atoms with Crippen molar-refractivity contribution in [2.24, 2.45) is 0 Å². The third-order valence-electron chi connectivity index (χ3n) is 4.91. The van der Waals surface area contributed by atoms with Gasteiger partial charge < -0.3 is 25.0 Å². The van der Waals surface area contributed by atoms with E-state index in [9.17, 15) is 4.79 Å². The van der Waals surface area contributed by atoms with Crippen molar-refractivity contribution in [1.82, 2.24) is 10.2 Å². The Hall–Kier alpha value is -1.50. The van der Waals surface area contributed by atoms with Gasteiger partial charge in [0.2, 0.25) is 5.91 Å². The molecular weight excluding hydrogens is 354 g/mol. The standard InChI is InChI=1S/C19H30ClN3O3/c1-5-19(2,3)14-10-16(17(11-15(14)20)26-13-25-4)22-12-18(24)23-8-6-21-7-9-23/h10-11,21-22H,5-9,12-13H2,1-4H3. The van der Waals surface area contributed by atoms with Crippen LogP contribution in [0.5, 0.6) is 5.75 Å². The number of piperazine rings is 1. The number of hydrogen-bond donors (Lipinski definition) is 2. The third kappa shape index (κ3) is 5.25. The van der Waals surface area contributed by atoms with E-state index in [1.165, 1.54) is 0 Å². The molecule has 0 bridgehead atoms. The number of rotatable bonds is 8. The first-order chi connectivity index (χ1) is 12.4. The number of amides is 1.